The first-order valence-corrected chi connectivity index (χ1v) is 6.29. The first-order valence-electron chi connectivity index (χ1n) is 6.29. The van der Waals surface area contributed by atoms with Crippen LogP contribution in [0.15, 0.2) is 35.5 Å². The van der Waals surface area contributed by atoms with E-state index in [-0.39, 0.29) is 5.41 Å². The molecule has 17 heavy (non-hydrogen) atoms. The lowest BCUT2D eigenvalue weighted by molar-refractivity contribution is 0.584. The van der Waals surface area contributed by atoms with Gasteiger partial charge in [-0.05, 0) is 33.3 Å². The summed E-state index contributed by atoms with van der Waals surface area (Å²) >= 11 is 0. The molecule has 0 atom stereocenters. The summed E-state index contributed by atoms with van der Waals surface area (Å²) < 4.78 is 0. The van der Waals surface area contributed by atoms with Gasteiger partial charge in [0.25, 0.3) is 0 Å². The van der Waals surface area contributed by atoms with Crippen molar-refractivity contribution in [3.8, 4) is 0 Å². The van der Waals surface area contributed by atoms with E-state index in [1.807, 2.05) is 0 Å². The van der Waals surface area contributed by atoms with Crippen molar-refractivity contribution in [2.45, 2.75) is 39.0 Å². The van der Waals surface area contributed by atoms with Crippen molar-refractivity contribution in [2.24, 2.45) is 5.73 Å². The lowest BCUT2D eigenvalue weighted by Gasteiger charge is -2.22. The van der Waals surface area contributed by atoms with Gasteiger partial charge in [-0.1, -0.05) is 45.0 Å². The molecule has 0 radical (unpaired) electrons. The van der Waals surface area contributed by atoms with Gasteiger partial charge in [-0.25, -0.2) is 0 Å². The Balaban J connectivity index is 2.22. The summed E-state index contributed by atoms with van der Waals surface area (Å²) in [5.41, 5.74) is 14.5. The van der Waals surface area contributed by atoms with Crippen LogP contribution in [0.5, 0.6) is 0 Å². The predicted octanol–water partition coefficient (Wildman–Crippen LogP) is 3.54. The van der Waals surface area contributed by atoms with Crippen LogP contribution in [0.3, 0.4) is 0 Å². The van der Waals surface area contributed by atoms with Crippen molar-refractivity contribution in [2.75, 3.05) is 0 Å². The summed E-state index contributed by atoms with van der Waals surface area (Å²) in [6, 6.07) is 6.68. The van der Waals surface area contributed by atoms with Gasteiger partial charge < -0.3 is 5.73 Å². The minimum atomic E-state index is 0.208. The fraction of sp³-hybridized carbons (Fsp3) is 0.375. The normalized spacial score (nSPS) is 18.2. The summed E-state index contributed by atoms with van der Waals surface area (Å²) in [5.74, 6) is 0. The number of benzene rings is 1. The fourth-order valence-corrected chi connectivity index (χ4v) is 3.02. The van der Waals surface area contributed by atoms with Crippen molar-refractivity contribution >= 4 is 5.57 Å². The Morgan fingerprint density at radius 2 is 1.94 bits per heavy atom. The lowest BCUT2D eigenvalue weighted by atomic mass is 9.82. The van der Waals surface area contributed by atoms with Crippen LogP contribution in [-0.4, -0.2) is 0 Å². The first kappa shape index (κ1) is 10.6. The maximum Gasteiger partial charge on any atom is 0.0161 e. The Bertz CT molecular complexity index is 553. The molecule has 0 aromatic heterocycles. The first-order chi connectivity index (χ1) is 7.98. The summed E-state index contributed by atoms with van der Waals surface area (Å²) in [6.45, 7) is 6.84. The average molecular weight is 225 g/mol. The van der Waals surface area contributed by atoms with Gasteiger partial charge in [0, 0.05) is 18.5 Å². The third-order valence-corrected chi connectivity index (χ3v) is 3.87. The molecule has 2 aliphatic rings. The number of nitrogens with two attached hydrogens (primary N) is 1. The molecule has 0 bridgehead atoms. The number of fused-ring (bicyclic) bond motifs is 3. The minimum Gasteiger partial charge on any atom is -0.402 e. The van der Waals surface area contributed by atoms with Gasteiger partial charge in [0.15, 0.2) is 0 Å². The second-order valence-electron chi connectivity index (χ2n) is 6.08. The summed E-state index contributed by atoms with van der Waals surface area (Å²) in [6.07, 6.45) is 4.24. The van der Waals surface area contributed by atoms with Crippen LogP contribution in [0, 0.1) is 0 Å². The SMILES string of the molecule is CC(C)(C)c1cccc2c1CC1=C(N)CC=C12. The van der Waals surface area contributed by atoms with Crippen LogP contribution < -0.4 is 5.73 Å². The van der Waals surface area contributed by atoms with Gasteiger partial charge in [0.05, 0.1) is 0 Å². The maximum atomic E-state index is 6.09. The van der Waals surface area contributed by atoms with E-state index in [2.05, 4.69) is 45.0 Å². The molecule has 0 fully saturated rings. The van der Waals surface area contributed by atoms with E-state index in [1.54, 1.807) is 0 Å². The van der Waals surface area contributed by atoms with Crippen LogP contribution in [0.1, 0.15) is 43.9 Å². The third-order valence-electron chi connectivity index (χ3n) is 3.87. The molecule has 1 aromatic carbocycles. The Labute approximate surface area is 103 Å². The molecule has 88 valence electrons. The Kier molecular flexibility index (Phi) is 2.04. The quantitative estimate of drug-likeness (QED) is 0.718. The van der Waals surface area contributed by atoms with Gasteiger partial charge in [0.2, 0.25) is 0 Å². The van der Waals surface area contributed by atoms with E-state index < -0.39 is 0 Å². The van der Waals surface area contributed by atoms with Crippen molar-refractivity contribution in [1.29, 1.82) is 0 Å². The highest BCUT2D eigenvalue weighted by Crippen LogP contribution is 2.45. The molecule has 2 aliphatic carbocycles. The van der Waals surface area contributed by atoms with E-state index in [9.17, 15) is 0 Å². The van der Waals surface area contributed by atoms with Crippen molar-refractivity contribution in [3.63, 3.8) is 0 Å². The molecule has 3 rings (SSSR count). The maximum absolute atomic E-state index is 6.09. The molecule has 0 spiro atoms. The molecule has 2 N–H and O–H groups in total. The smallest absolute Gasteiger partial charge is 0.0161 e. The summed E-state index contributed by atoms with van der Waals surface area (Å²) in [5, 5.41) is 0. The molecule has 1 nitrogen and oxygen atoms in total. The molecule has 1 heteroatoms. The monoisotopic (exact) mass is 225 g/mol. The van der Waals surface area contributed by atoms with E-state index in [0.717, 1.165) is 18.5 Å². The van der Waals surface area contributed by atoms with Crippen LogP contribution in [-0.2, 0) is 11.8 Å². The molecule has 0 saturated heterocycles. The topological polar surface area (TPSA) is 26.0 Å². The summed E-state index contributed by atoms with van der Waals surface area (Å²) in [7, 11) is 0. The molecular weight excluding hydrogens is 206 g/mol. The highest BCUT2D eigenvalue weighted by Gasteiger charge is 2.30. The largest absolute Gasteiger partial charge is 0.402 e. The standard InChI is InChI=1S/C16H19N/c1-16(2,3)14-6-4-5-10-11-7-8-15(17)13(11)9-12(10)14/h4-7H,8-9,17H2,1-3H3. The summed E-state index contributed by atoms with van der Waals surface area (Å²) in [4.78, 5) is 0. The highest BCUT2D eigenvalue weighted by atomic mass is 14.6. The van der Waals surface area contributed by atoms with Gasteiger partial charge >= 0.3 is 0 Å². The van der Waals surface area contributed by atoms with Gasteiger partial charge in [-0.15, -0.1) is 0 Å². The van der Waals surface area contributed by atoms with Gasteiger partial charge in [0.1, 0.15) is 0 Å². The number of hydrogen-bond acceptors (Lipinski definition) is 1. The number of rotatable bonds is 0. The molecule has 1 aromatic rings. The van der Waals surface area contributed by atoms with Crippen LogP contribution in [0.4, 0.5) is 0 Å². The van der Waals surface area contributed by atoms with Crippen LogP contribution >= 0.6 is 0 Å². The third kappa shape index (κ3) is 1.45. The van der Waals surface area contributed by atoms with Crippen LogP contribution in [0.2, 0.25) is 0 Å². The molecule has 0 amide bonds. The van der Waals surface area contributed by atoms with E-state index in [0.29, 0.717) is 0 Å². The van der Waals surface area contributed by atoms with Crippen molar-refractivity contribution in [1.82, 2.24) is 0 Å². The molecule has 0 unspecified atom stereocenters. The minimum absolute atomic E-state index is 0.208. The van der Waals surface area contributed by atoms with Crippen molar-refractivity contribution in [3.05, 3.63) is 52.2 Å². The average Bonchev–Trinajstić information content (AvgIpc) is 2.77. The van der Waals surface area contributed by atoms with Gasteiger partial charge in [-0.3, -0.25) is 0 Å². The second kappa shape index (κ2) is 3.25. The van der Waals surface area contributed by atoms with Gasteiger partial charge in [-0.2, -0.15) is 0 Å². The fourth-order valence-electron chi connectivity index (χ4n) is 3.02. The highest BCUT2D eigenvalue weighted by molar-refractivity contribution is 5.89. The second-order valence-corrected chi connectivity index (χ2v) is 6.08. The van der Waals surface area contributed by atoms with Crippen LogP contribution in [0.25, 0.3) is 5.57 Å². The number of hydrogen-bond donors (Lipinski definition) is 1. The molecule has 0 heterocycles. The predicted molar refractivity (Wildman–Crippen MR) is 72.7 cm³/mol. The van der Waals surface area contributed by atoms with Crippen molar-refractivity contribution < 1.29 is 0 Å². The zero-order valence-electron chi connectivity index (χ0n) is 10.8. The van der Waals surface area contributed by atoms with E-state index in [1.165, 1.54) is 27.8 Å². The lowest BCUT2D eigenvalue weighted by Crippen LogP contribution is -2.14. The molecular formula is C16H19N. The molecule has 0 saturated carbocycles. The molecule has 0 aliphatic heterocycles. The Morgan fingerprint density at radius 3 is 2.65 bits per heavy atom. The Hall–Kier alpha value is -1.50. The zero-order chi connectivity index (χ0) is 12.2. The zero-order valence-corrected chi connectivity index (χ0v) is 10.8. The Morgan fingerprint density at radius 1 is 1.18 bits per heavy atom. The van der Waals surface area contributed by atoms with E-state index >= 15 is 0 Å². The number of allylic oxidation sites excluding steroid dienone is 3. The van der Waals surface area contributed by atoms with E-state index in [4.69, 9.17) is 5.73 Å².